The van der Waals surface area contributed by atoms with Crippen LogP contribution in [0.2, 0.25) is 0 Å². The first-order valence-electron chi connectivity index (χ1n) is 10.3. The number of hydrogen-bond acceptors (Lipinski definition) is 3. The molecule has 2 heterocycles. The van der Waals surface area contributed by atoms with Gasteiger partial charge in [0.15, 0.2) is 0 Å². The van der Waals surface area contributed by atoms with Gasteiger partial charge in [0.2, 0.25) is 5.91 Å². The first kappa shape index (κ1) is 18.9. The van der Waals surface area contributed by atoms with E-state index in [0.29, 0.717) is 6.42 Å². The largest absolute Gasteiger partial charge is 0.312 e. The second-order valence-electron chi connectivity index (χ2n) is 7.63. The van der Waals surface area contributed by atoms with Crippen molar-refractivity contribution in [2.24, 2.45) is 0 Å². The van der Waals surface area contributed by atoms with Crippen LogP contribution in [0.4, 0.5) is 5.69 Å². The van der Waals surface area contributed by atoms with Gasteiger partial charge in [0.25, 0.3) is 0 Å². The molecule has 0 aliphatic carbocycles. The number of nitrogens with zero attached hydrogens (tertiary/aromatic N) is 3. The molecule has 0 spiro atoms. The fourth-order valence-corrected chi connectivity index (χ4v) is 4.08. The molecule has 4 rings (SSSR count). The molecule has 28 heavy (non-hydrogen) atoms. The first-order chi connectivity index (χ1) is 13.8. The molecule has 0 bridgehead atoms. The number of carbonyl (C=O) groups excluding carboxylic acids is 1. The zero-order chi connectivity index (χ0) is 19.2. The molecule has 2 aliphatic rings. The molecule has 0 aromatic heterocycles. The van der Waals surface area contributed by atoms with E-state index < -0.39 is 0 Å². The Hall–Kier alpha value is -2.43. The molecule has 1 saturated heterocycles. The third-order valence-corrected chi connectivity index (χ3v) is 5.77. The predicted molar refractivity (Wildman–Crippen MR) is 115 cm³/mol. The van der Waals surface area contributed by atoms with Crippen LogP contribution in [-0.4, -0.2) is 61.5 Å². The average molecular weight is 376 g/mol. The Bertz CT molecular complexity index is 810. The molecule has 2 aliphatic heterocycles. The van der Waals surface area contributed by atoms with E-state index in [0.717, 1.165) is 57.9 Å². The predicted octanol–water partition coefficient (Wildman–Crippen LogP) is 3.30. The molecule has 2 aromatic rings. The highest BCUT2D eigenvalue weighted by Crippen LogP contribution is 2.27. The fourth-order valence-electron chi connectivity index (χ4n) is 4.08. The van der Waals surface area contributed by atoms with Crippen LogP contribution >= 0.6 is 0 Å². The number of carbonyl (C=O) groups is 1. The molecule has 0 saturated carbocycles. The van der Waals surface area contributed by atoms with Crippen molar-refractivity contribution >= 4 is 17.7 Å². The normalized spacial score (nSPS) is 17.9. The lowest BCUT2D eigenvalue weighted by Crippen LogP contribution is -2.47. The lowest BCUT2D eigenvalue weighted by atomic mass is 10.2. The van der Waals surface area contributed by atoms with Gasteiger partial charge in [-0.3, -0.25) is 9.69 Å². The van der Waals surface area contributed by atoms with E-state index in [1.54, 1.807) is 0 Å². The second-order valence-corrected chi connectivity index (χ2v) is 7.63. The van der Waals surface area contributed by atoms with E-state index in [2.05, 4.69) is 64.4 Å². The zero-order valence-electron chi connectivity index (χ0n) is 16.5. The van der Waals surface area contributed by atoms with Crippen LogP contribution < -0.4 is 4.90 Å². The molecule has 1 fully saturated rings. The van der Waals surface area contributed by atoms with Crippen LogP contribution in [0.15, 0.2) is 60.7 Å². The third-order valence-electron chi connectivity index (χ3n) is 5.77. The van der Waals surface area contributed by atoms with Gasteiger partial charge in [-0.1, -0.05) is 60.7 Å². The number of hydrogen-bond donors (Lipinski definition) is 0. The van der Waals surface area contributed by atoms with Crippen molar-refractivity contribution in [2.45, 2.75) is 12.8 Å². The number of amides is 1. The van der Waals surface area contributed by atoms with Gasteiger partial charge in [0.05, 0.1) is 0 Å². The number of rotatable bonds is 6. The summed E-state index contributed by atoms with van der Waals surface area (Å²) in [6, 6.07) is 18.7. The Morgan fingerprint density at radius 3 is 2.39 bits per heavy atom. The van der Waals surface area contributed by atoms with E-state index in [4.69, 9.17) is 0 Å². The Balaban J connectivity index is 1.18. The van der Waals surface area contributed by atoms with Crippen molar-refractivity contribution in [3.05, 3.63) is 71.8 Å². The summed E-state index contributed by atoms with van der Waals surface area (Å²) in [5.41, 5.74) is 3.67. The van der Waals surface area contributed by atoms with Gasteiger partial charge < -0.3 is 9.80 Å². The summed E-state index contributed by atoms with van der Waals surface area (Å²) in [4.78, 5) is 19.6. The maximum Gasteiger partial charge on any atom is 0.228 e. The highest BCUT2D eigenvalue weighted by atomic mass is 16.2. The monoisotopic (exact) mass is 375 g/mol. The Morgan fingerprint density at radius 2 is 1.57 bits per heavy atom. The van der Waals surface area contributed by atoms with Gasteiger partial charge in [-0.15, -0.1) is 0 Å². The van der Waals surface area contributed by atoms with Crippen LogP contribution in [-0.2, 0) is 11.2 Å². The summed E-state index contributed by atoms with van der Waals surface area (Å²) < 4.78 is 0. The van der Waals surface area contributed by atoms with Crippen molar-refractivity contribution < 1.29 is 4.79 Å². The molecule has 4 heteroatoms. The number of anilines is 1. The number of para-hydroxylation sites is 1. The summed E-state index contributed by atoms with van der Waals surface area (Å²) >= 11 is 0. The van der Waals surface area contributed by atoms with Gasteiger partial charge in [-0.05, 0) is 23.6 Å². The van der Waals surface area contributed by atoms with E-state index in [9.17, 15) is 4.79 Å². The summed E-state index contributed by atoms with van der Waals surface area (Å²) in [6.45, 7) is 6.92. The minimum absolute atomic E-state index is 0.262. The fraction of sp³-hybridized carbons (Fsp3) is 0.375. The molecule has 0 N–H and O–H groups in total. The van der Waals surface area contributed by atoms with E-state index in [1.165, 1.54) is 11.1 Å². The third kappa shape index (κ3) is 4.70. The van der Waals surface area contributed by atoms with Crippen molar-refractivity contribution in [2.75, 3.05) is 50.7 Å². The molecular weight excluding hydrogens is 346 g/mol. The summed E-state index contributed by atoms with van der Waals surface area (Å²) in [6.07, 6.45) is 6.04. The van der Waals surface area contributed by atoms with Gasteiger partial charge in [0, 0.05) is 57.9 Å². The van der Waals surface area contributed by atoms with Crippen molar-refractivity contribution in [1.29, 1.82) is 0 Å². The minimum Gasteiger partial charge on any atom is -0.312 e. The van der Waals surface area contributed by atoms with Crippen LogP contribution in [0.5, 0.6) is 0 Å². The van der Waals surface area contributed by atoms with E-state index in [-0.39, 0.29) is 5.91 Å². The lowest BCUT2D eigenvalue weighted by molar-refractivity contribution is -0.118. The van der Waals surface area contributed by atoms with Gasteiger partial charge >= 0.3 is 0 Å². The smallest absolute Gasteiger partial charge is 0.228 e. The van der Waals surface area contributed by atoms with E-state index in [1.807, 2.05) is 17.0 Å². The number of piperazine rings is 1. The molecule has 1 amide bonds. The van der Waals surface area contributed by atoms with Crippen molar-refractivity contribution in [1.82, 2.24) is 9.80 Å². The molecule has 146 valence electrons. The highest BCUT2D eigenvalue weighted by Gasteiger charge is 2.24. The van der Waals surface area contributed by atoms with Crippen LogP contribution in [0.1, 0.15) is 17.5 Å². The number of fused-ring (bicyclic) bond motifs is 1. The summed E-state index contributed by atoms with van der Waals surface area (Å²) in [5, 5.41) is 0. The molecular formula is C24H29N3O. The second kappa shape index (κ2) is 9.18. The van der Waals surface area contributed by atoms with E-state index >= 15 is 0 Å². The average Bonchev–Trinajstić information content (AvgIpc) is 3.18. The molecule has 0 unspecified atom stereocenters. The molecule has 0 atom stereocenters. The number of benzene rings is 2. The zero-order valence-corrected chi connectivity index (χ0v) is 16.5. The molecule has 4 nitrogen and oxygen atoms in total. The van der Waals surface area contributed by atoms with Crippen LogP contribution in [0.3, 0.4) is 0 Å². The molecule has 2 aromatic carbocycles. The van der Waals surface area contributed by atoms with Gasteiger partial charge in [0.1, 0.15) is 0 Å². The van der Waals surface area contributed by atoms with Crippen LogP contribution in [0, 0.1) is 0 Å². The summed E-state index contributed by atoms with van der Waals surface area (Å²) in [7, 11) is 0. The quantitative estimate of drug-likeness (QED) is 0.775. The van der Waals surface area contributed by atoms with Gasteiger partial charge in [-0.2, -0.15) is 0 Å². The van der Waals surface area contributed by atoms with Crippen LogP contribution in [0.25, 0.3) is 6.08 Å². The Morgan fingerprint density at radius 1 is 0.857 bits per heavy atom. The van der Waals surface area contributed by atoms with Crippen molar-refractivity contribution in [3.8, 4) is 0 Å². The Kier molecular flexibility index (Phi) is 6.20. The van der Waals surface area contributed by atoms with Gasteiger partial charge in [-0.25, -0.2) is 0 Å². The minimum atomic E-state index is 0.262. The Labute approximate surface area is 168 Å². The summed E-state index contributed by atoms with van der Waals surface area (Å²) in [5.74, 6) is 0.262. The molecule has 0 radical (unpaired) electrons. The van der Waals surface area contributed by atoms with Crippen molar-refractivity contribution in [3.63, 3.8) is 0 Å². The lowest BCUT2D eigenvalue weighted by Gasteiger charge is -2.34. The first-order valence-corrected chi connectivity index (χ1v) is 10.3. The maximum absolute atomic E-state index is 12.7. The topological polar surface area (TPSA) is 26.8 Å². The highest BCUT2D eigenvalue weighted by molar-refractivity contribution is 5.95. The SMILES string of the molecule is O=C(CCN1CCN(C/C=C/c2ccccc2)CC1)N1CCc2ccccc21. The maximum atomic E-state index is 12.7. The standard InChI is InChI=1S/C24H29N3O/c28-24(27-16-12-22-10-4-5-11-23(22)27)13-15-26-19-17-25(18-20-26)14-6-9-21-7-2-1-3-8-21/h1-11H,12-20H2/b9-6+.